The zero-order valence-corrected chi connectivity index (χ0v) is 12.7. The second-order valence-corrected chi connectivity index (χ2v) is 4.78. The molecule has 1 aromatic carbocycles. The minimum atomic E-state index is 0.250. The average molecular weight is 309 g/mol. The van der Waals surface area contributed by atoms with Gasteiger partial charge in [0, 0.05) is 11.1 Å². The number of fused-ring (bicyclic) bond motifs is 1. The van der Waals surface area contributed by atoms with Gasteiger partial charge in [-0.3, -0.25) is 0 Å². The minimum absolute atomic E-state index is 0.250. The Balaban J connectivity index is 2.08. The van der Waals surface area contributed by atoms with Crippen LogP contribution in [0.1, 0.15) is 11.3 Å². The maximum Gasteiger partial charge on any atom is 0.233 e. The van der Waals surface area contributed by atoms with E-state index in [9.17, 15) is 0 Å². The summed E-state index contributed by atoms with van der Waals surface area (Å²) in [5.41, 5.74) is 7.95. The SMILES string of the molecule is CO/N=C\c1c(N)ncnc1Oc1cccc2ccc(C)nc12. The quantitative estimate of drug-likeness (QED) is 0.588. The summed E-state index contributed by atoms with van der Waals surface area (Å²) in [6.45, 7) is 1.93. The van der Waals surface area contributed by atoms with Crippen molar-refractivity contribution in [1.29, 1.82) is 0 Å². The Kier molecular flexibility index (Phi) is 4.01. The van der Waals surface area contributed by atoms with Crippen molar-refractivity contribution in [2.75, 3.05) is 12.8 Å². The fourth-order valence-corrected chi connectivity index (χ4v) is 2.10. The number of anilines is 1. The normalized spacial score (nSPS) is 11.0. The summed E-state index contributed by atoms with van der Waals surface area (Å²) in [7, 11) is 1.44. The molecule has 23 heavy (non-hydrogen) atoms. The number of nitrogen functional groups attached to an aromatic ring is 1. The molecule has 0 radical (unpaired) electrons. The Morgan fingerprint density at radius 1 is 1.17 bits per heavy atom. The van der Waals surface area contributed by atoms with Crippen molar-refractivity contribution in [2.45, 2.75) is 6.92 Å². The van der Waals surface area contributed by atoms with Gasteiger partial charge in [-0.25, -0.2) is 15.0 Å². The maximum absolute atomic E-state index is 5.92. The summed E-state index contributed by atoms with van der Waals surface area (Å²) in [5, 5.41) is 4.68. The predicted octanol–water partition coefficient (Wildman–Crippen LogP) is 2.69. The number of nitrogens with two attached hydrogens (primary N) is 1. The van der Waals surface area contributed by atoms with E-state index in [-0.39, 0.29) is 11.7 Å². The highest BCUT2D eigenvalue weighted by atomic mass is 16.6. The largest absolute Gasteiger partial charge is 0.436 e. The highest BCUT2D eigenvalue weighted by Gasteiger charge is 2.12. The van der Waals surface area contributed by atoms with Crippen LogP contribution in [0.25, 0.3) is 10.9 Å². The lowest BCUT2D eigenvalue weighted by Crippen LogP contribution is -2.02. The first-order valence-electron chi connectivity index (χ1n) is 6.90. The maximum atomic E-state index is 5.92. The molecule has 3 rings (SSSR count). The first kappa shape index (κ1) is 14.7. The predicted molar refractivity (Wildman–Crippen MR) is 87.6 cm³/mol. The smallest absolute Gasteiger partial charge is 0.233 e. The lowest BCUT2D eigenvalue weighted by Gasteiger charge is -2.10. The molecule has 0 aliphatic heterocycles. The molecule has 0 atom stereocenters. The van der Waals surface area contributed by atoms with Crippen LogP contribution >= 0.6 is 0 Å². The third kappa shape index (κ3) is 3.03. The van der Waals surface area contributed by atoms with Gasteiger partial charge in [0.1, 0.15) is 30.3 Å². The minimum Gasteiger partial charge on any atom is -0.436 e. The number of para-hydroxylation sites is 1. The molecule has 0 saturated carbocycles. The van der Waals surface area contributed by atoms with E-state index in [1.165, 1.54) is 19.7 Å². The first-order valence-corrected chi connectivity index (χ1v) is 6.90. The summed E-state index contributed by atoms with van der Waals surface area (Å²) in [5.74, 6) is 1.12. The van der Waals surface area contributed by atoms with Crippen molar-refractivity contribution in [3.8, 4) is 11.6 Å². The molecule has 2 heterocycles. The second kappa shape index (κ2) is 6.27. The van der Waals surface area contributed by atoms with Gasteiger partial charge >= 0.3 is 0 Å². The van der Waals surface area contributed by atoms with Crippen LogP contribution in [0.4, 0.5) is 5.82 Å². The van der Waals surface area contributed by atoms with Gasteiger partial charge < -0.3 is 15.3 Å². The number of oxime groups is 1. The lowest BCUT2D eigenvalue weighted by molar-refractivity contribution is 0.215. The molecule has 7 heteroatoms. The van der Waals surface area contributed by atoms with Crippen LogP contribution < -0.4 is 10.5 Å². The van der Waals surface area contributed by atoms with E-state index < -0.39 is 0 Å². The number of pyridine rings is 1. The van der Waals surface area contributed by atoms with E-state index in [2.05, 4.69) is 24.9 Å². The van der Waals surface area contributed by atoms with Crippen LogP contribution in [-0.2, 0) is 4.84 Å². The van der Waals surface area contributed by atoms with E-state index in [0.29, 0.717) is 11.3 Å². The Bertz CT molecular complexity index is 879. The van der Waals surface area contributed by atoms with Crippen molar-refractivity contribution >= 4 is 22.9 Å². The van der Waals surface area contributed by atoms with Crippen molar-refractivity contribution in [3.63, 3.8) is 0 Å². The van der Waals surface area contributed by atoms with Gasteiger partial charge in [0.15, 0.2) is 5.75 Å². The number of nitrogens with zero attached hydrogens (tertiary/aromatic N) is 4. The van der Waals surface area contributed by atoms with Gasteiger partial charge in [-0.15, -0.1) is 0 Å². The highest BCUT2D eigenvalue weighted by Crippen LogP contribution is 2.30. The van der Waals surface area contributed by atoms with Crippen LogP contribution in [0.5, 0.6) is 11.6 Å². The molecule has 0 bridgehead atoms. The van der Waals surface area contributed by atoms with E-state index >= 15 is 0 Å². The fraction of sp³-hybridized carbons (Fsp3) is 0.125. The highest BCUT2D eigenvalue weighted by molar-refractivity contribution is 5.89. The van der Waals surface area contributed by atoms with Crippen molar-refractivity contribution < 1.29 is 9.57 Å². The molecule has 2 aromatic heterocycles. The molecular formula is C16H15N5O2. The molecule has 0 aliphatic carbocycles. The number of ether oxygens (including phenoxy) is 1. The second-order valence-electron chi connectivity index (χ2n) is 4.78. The third-order valence-corrected chi connectivity index (χ3v) is 3.19. The lowest BCUT2D eigenvalue weighted by atomic mass is 10.2. The molecule has 0 spiro atoms. The van der Waals surface area contributed by atoms with Crippen molar-refractivity contribution in [2.24, 2.45) is 5.16 Å². The first-order chi connectivity index (χ1) is 11.2. The topological polar surface area (TPSA) is 95.5 Å². The molecule has 0 fully saturated rings. The summed E-state index contributed by atoms with van der Waals surface area (Å²) < 4.78 is 5.92. The van der Waals surface area contributed by atoms with Gasteiger partial charge in [-0.1, -0.05) is 23.4 Å². The molecule has 7 nitrogen and oxygen atoms in total. The molecule has 0 aliphatic rings. The van der Waals surface area contributed by atoms with Gasteiger partial charge in [0.25, 0.3) is 0 Å². The summed E-state index contributed by atoms with van der Waals surface area (Å²) in [6, 6.07) is 9.63. The number of aryl methyl sites for hydroxylation is 1. The van der Waals surface area contributed by atoms with E-state index in [1.807, 2.05) is 37.3 Å². The van der Waals surface area contributed by atoms with Gasteiger partial charge in [0.05, 0.1) is 6.21 Å². The summed E-state index contributed by atoms with van der Waals surface area (Å²) in [4.78, 5) is 17.3. The average Bonchev–Trinajstić information content (AvgIpc) is 2.55. The van der Waals surface area contributed by atoms with Gasteiger partial charge in [-0.05, 0) is 19.1 Å². The van der Waals surface area contributed by atoms with E-state index in [1.54, 1.807) is 0 Å². The third-order valence-electron chi connectivity index (χ3n) is 3.19. The van der Waals surface area contributed by atoms with Crippen LogP contribution in [0.15, 0.2) is 41.8 Å². The van der Waals surface area contributed by atoms with Crippen LogP contribution in [0.3, 0.4) is 0 Å². The van der Waals surface area contributed by atoms with Crippen molar-refractivity contribution in [3.05, 3.63) is 47.9 Å². The van der Waals surface area contributed by atoms with Gasteiger partial charge in [-0.2, -0.15) is 0 Å². The molecule has 3 aromatic rings. The zero-order valence-electron chi connectivity index (χ0n) is 12.7. The monoisotopic (exact) mass is 309 g/mol. The van der Waals surface area contributed by atoms with Gasteiger partial charge in [0.2, 0.25) is 5.88 Å². The Hall–Kier alpha value is -3.22. The molecule has 0 unspecified atom stereocenters. The number of hydrogen-bond acceptors (Lipinski definition) is 7. The Morgan fingerprint density at radius 3 is 2.87 bits per heavy atom. The van der Waals surface area contributed by atoms with Crippen LogP contribution in [-0.4, -0.2) is 28.3 Å². The van der Waals surface area contributed by atoms with Crippen molar-refractivity contribution in [1.82, 2.24) is 15.0 Å². The number of hydrogen-bond donors (Lipinski definition) is 1. The van der Waals surface area contributed by atoms with E-state index in [0.717, 1.165) is 16.6 Å². The molecule has 116 valence electrons. The molecule has 0 amide bonds. The number of rotatable bonds is 4. The Morgan fingerprint density at radius 2 is 2.04 bits per heavy atom. The van der Waals surface area contributed by atoms with Crippen LogP contribution in [0.2, 0.25) is 0 Å². The van der Waals surface area contributed by atoms with Crippen LogP contribution in [0, 0.1) is 6.92 Å². The zero-order chi connectivity index (χ0) is 16.2. The number of aromatic nitrogens is 3. The standard InChI is InChI=1S/C16H15N5O2/c1-10-6-7-11-4-3-5-13(14(11)21-10)23-16-12(8-20-22-2)15(17)18-9-19-16/h3-9H,1-2H3,(H2,17,18,19)/b20-8-. The molecule has 2 N–H and O–H groups in total. The fourth-order valence-electron chi connectivity index (χ4n) is 2.10. The summed E-state index contributed by atoms with van der Waals surface area (Å²) in [6.07, 6.45) is 2.74. The van der Waals surface area contributed by atoms with E-state index in [4.69, 9.17) is 10.5 Å². The molecular weight excluding hydrogens is 294 g/mol. The summed E-state index contributed by atoms with van der Waals surface area (Å²) >= 11 is 0. The number of benzene rings is 1. The Labute approximate surface area is 132 Å². The molecule has 0 saturated heterocycles.